The molecule has 0 atom stereocenters. The van der Waals surface area contributed by atoms with Gasteiger partial charge in [-0.1, -0.05) is 11.8 Å². The zero-order valence-corrected chi connectivity index (χ0v) is 13.2. The average molecular weight is 311 g/mol. The van der Waals surface area contributed by atoms with E-state index in [0.717, 1.165) is 5.56 Å². The fourth-order valence-electron chi connectivity index (χ4n) is 1.68. The predicted octanol–water partition coefficient (Wildman–Crippen LogP) is 1.51. The maximum atomic E-state index is 11.9. The van der Waals surface area contributed by atoms with Gasteiger partial charge in [0, 0.05) is 24.3 Å². The van der Waals surface area contributed by atoms with Crippen LogP contribution in [0.4, 0.5) is 5.69 Å². The minimum Gasteiger partial charge on any atom is -0.395 e. The SMILES string of the molecule is CCOCCS(=O)(=O)Nc1cc(C)cc(C#CCCO)c1. The van der Waals surface area contributed by atoms with E-state index in [4.69, 9.17) is 9.84 Å². The molecule has 0 saturated carbocycles. The molecule has 2 N–H and O–H groups in total. The average Bonchev–Trinajstić information content (AvgIpc) is 2.38. The van der Waals surface area contributed by atoms with Crippen LogP contribution < -0.4 is 4.72 Å². The molecule has 0 heterocycles. The van der Waals surface area contributed by atoms with Gasteiger partial charge in [-0.25, -0.2) is 8.42 Å². The summed E-state index contributed by atoms with van der Waals surface area (Å²) in [5.41, 5.74) is 2.11. The molecule has 0 aromatic heterocycles. The third-order valence-corrected chi connectivity index (χ3v) is 3.77. The molecule has 1 aromatic rings. The number of aliphatic hydroxyl groups is 1. The molecule has 0 aliphatic heterocycles. The summed E-state index contributed by atoms with van der Waals surface area (Å²) in [5, 5.41) is 8.70. The molecule has 1 aromatic carbocycles. The Morgan fingerprint density at radius 3 is 2.76 bits per heavy atom. The Balaban J connectivity index is 2.82. The second-order valence-electron chi connectivity index (χ2n) is 4.48. The Morgan fingerprint density at radius 1 is 1.33 bits per heavy atom. The monoisotopic (exact) mass is 311 g/mol. The van der Waals surface area contributed by atoms with Crippen molar-refractivity contribution < 1.29 is 18.3 Å². The maximum Gasteiger partial charge on any atom is 0.235 e. The lowest BCUT2D eigenvalue weighted by molar-refractivity contribution is 0.163. The van der Waals surface area contributed by atoms with Crippen molar-refractivity contribution >= 4 is 15.7 Å². The number of sulfonamides is 1. The van der Waals surface area contributed by atoms with E-state index in [1.165, 1.54) is 0 Å². The van der Waals surface area contributed by atoms with Crippen molar-refractivity contribution in [2.24, 2.45) is 0 Å². The van der Waals surface area contributed by atoms with Crippen LogP contribution in [0.3, 0.4) is 0 Å². The molecule has 1 rings (SSSR count). The number of nitrogens with one attached hydrogen (secondary N) is 1. The van der Waals surface area contributed by atoms with Crippen molar-refractivity contribution in [3.05, 3.63) is 29.3 Å². The second kappa shape index (κ2) is 8.67. The number of rotatable bonds is 7. The van der Waals surface area contributed by atoms with Crippen molar-refractivity contribution in [1.82, 2.24) is 0 Å². The molecule has 0 bridgehead atoms. The van der Waals surface area contributed by atoms with Crippen LogP contribution in [0.5, 0.6) is 0 Å². The number of benzene rings is 1. The van der Waals surface area contributed by atoms with Gasteiger partial charge in [0.25, 0.3) is 0 Å². The highest BCUT2D eigenvalue weighted by atomic mass is 32.2. The minimum atomic E-state index is -3.43. The fourth-order valence-corrected chi connectivity index (χ4v) is 2.59. The Bertz CT molecular complexity index is 614. The molecule has 0 spiro atoms. The first-order chi connectivity index (χ1) is 9.96. The number of aryl methyl sites for hydroxylation is 1. The van der Waals surface area contributed by atoms with Crippen LogP contribution in [-0.4, -0.2) is 39.1 Å². The molecule has 0 radical (unpaired) electrons. The molecule has 0 amide bonds. The first-order valence-electron chi connectivity index (χ1n) is 6.76. The molecule has 0 aliphatic carbocycles. The Labute approximate surface area is 126 Å². The van der Waals surface area contributed by atoms with Crippen LogP contribution in [0.2, 0.25) is 0 Å². The van der Waals surface area contributed by atoms with Gasteiger partial charge < -0.3 is 9.84 Å². The summed E-state index contributed by atoms with van der Waals surface area (Å²) in [6.07, 6.45) is 0.392. The number of anilines is 1. The van der Waals surface area contributed by atoms with E-state index in [2.05, 4.69) is 16.6 Å². The molecular formula is C15H21NO4S. The molecule has 0 fully saturated rings. The summed E-state index contributed by atoms with van der Waals surface area (Å²) in [6, 6.07) is 5.29. The largest absolute Gasteiger partial charge is 0.395 e. The van der Waals surface area contributed by atoms with E-state index < -0.39 is 10.0 Å². The summed E-state index contributed by atoms with van der Waals surface area (Å²) in [4.78, 5) is 0. The van der Waals surface area contributed by atoms with Gasteiger partial charge in [-0.15, -0.1) is 0 Å². The summed E-state index contributed by atoms with van der Waals surface area (Å²) in [5.74, 6) is 5.63. The van der Waals surface area contributed by atoms with Crippen LogP contribution in [-0.2, 0) is 14.8 Å². The predicted molar refractivity (Wildman–Crippen MR) is 83.7 cm³/mol. The number of aliphatic hydroxyl groups excluding tert-OH is 1. The highest BCUT2D eigenvalue weighted by molar-refractivity contribution is 7.92. The Kier molecular flexibility index (Phi) is 7.23. The zero-order valence-electron chi connectivity index (χ0n) is 12.3. The molecule has 0 aliphatic rings. The van der Waals surface area contributed by atoms with Gasteiger partial charge in [-0.05, 0) is 37.6 Å². The quantitative estimate of drug-likeness (QED) is 0.591. The first-order valence-corrected chi connectivity index (χ1v) is 8.41. The molecular weight excluding hydrogens is 290 g/mol. The molecule has 0 unspecified atom stereocenters. The van der Waals surface area contributed by atoms with Crippen LogP contribution >= 0.6 is 0 Å². The topological polar surface area (TPSA) is 75.6 Å². The Morgan fingerprint density at radius 2 is 2.10 bits per heavy atom. The summed E-state index contributed by atoms with van der Waals surface area (Å²) in [6.45, 7) is 4.36. The standard InChI is InChI=1S/C15H21NO4S/c1-3-20-8-9-21(18,19)16-15-11-13(2)10-14(12-15)6-4-5-7-17/h10-12,16-17H,3,5,7-9H2,1-2H3. The molecule has 0 saturated heterocycles. The number of hydrogen-bond donors (Lipinski definition) is 2. The van der Waals surface area contributed by atoms with Crippen LogP contribution in [0.25, 0.3) is 0 Å². The molecule has 5 nitrogen and oxygen atoms in total. The van der Waals surface area contributed by atoms with Crippen molar-refractivity contribution in [3.8, 4) is 11.8 Å². The van der Waals surface area contributed by atoms with Crippen molar-refractivity contribution in [2.75, 3.05) is 30.3 Å². The van der Waals surface area contributed by atoms with Crippen molar-refractivity contribution in [3.63, 3.8) is 0 Å². The minimum absolute atomic E-state index is 0.00965. The lowest BCUT2D eigenvalue weighted by Gasteiger charge is -2.09. The number of hydrogen-bond acceptors (Lipinski definition) is 4. The third-order valence-electron chi connectivity index (χ3n) is 2.52. The third kappa shape index (κ3) is 7.14. The zero-order chi connectivity index (χ0) is 15.7. The van der Waals surface area contributed by atoms with Crippen molar-refractivity contribution in [2.45, 2.75) is 20.3 Å². The van der Waals surface area contributed by atoms with Gasteiger partial charge in [-0.3, -0.25) is 4.72 Å². The summed E-state index contributed by atoms with van der Waals surface area (Å²) < 4.78 is 31.4. The summed E-state index contributed by atoms with van der Waals surface area (Å²) >= 11 is 0. The van der Waals surface area contributed by atoms with E-state index in [1.54, 1.807) is 12.1 Å². The van der Waals surface area contributed by atoms with E-state index in [9.17, 15) is 8.42 Å². The van der Waals surface area contributed by atoms with Gasteiger partial charge in [0.2, 0.25) is 10.0 Å². The molecule has 6 heteroatoms. The van der Waals surface area contributed by atoms with E-state index >= 15 is 0 Å². The van der Waals surface area contributed by atoms with Gasteiger partial charge in [-0.2, -0.15) is 0 Å². The van der Waals surface area contributed by atoms with Crippen LogP contribution in [0, 0.1) is 18.8 Å². The maximum absolute atomic E-state index is 11.9. The first kappa shape index (κ1) is 17.5. The fraction of sp³-hybridized carbons (Fsp3) is 0.467. The highest BCUT2D eigenvalue weighted by Crippen LogP contribution is 2.15. The molecule has 116 valence electrons. The van der Waals surface area contributed by atoms with Gasteiger partial charge in [0.1, 0.15) is 0 Å². The van der Waals surface area contributed by atoms with Gasteiger partial charge >= 0.3 is 0 Å². The van der Waals surface area contributed by atoms with E-state index in [1.807, 2.05) is 19.9 Å². The highest BCUT2D eigenvalue weighted by Gasteiger charge is 2.10. The van der Waals surface area contributed by atoms with Crippen LogP contribution in [0.1, 0.15) is 24.5 Å². The van der Waals surface area contributed by atoms with E-state index in [0.29, 0.717) is 24.3 Å². The van der Waals surface area contributed by atoms with Gasteiger partial charge in [0.15, 0.2) is 0 Å². The lowest BCUT2D eigenvalue weighted by Crippen LogP contribution is -2.20. The van der Waals surface area contributed by atoms with Gasteiger partial charge in [0.05, 0.1) is 19.0 Å². The Hall–Kier alpha value is -1.55. The summed E-state index contributed by atoms with van der Waals surface area (Å²) in [7, 11) is -3.43. The molecule has 21 heavy (non-hydrogen) atoms. The number of ether oxygens (including phenoxy) is 1. The van der Waals surface area contributed by atoms with E-state index in [-0.39, 0.29) is 19.0 Å². The van der Waals surface area contributed by atoms with Crippen molar-refractivity contribution in [1.29, 1.82) is 0 Å². The van der Waals surface area contributed by atoms with Crippen LogP contribution in [0.15, 0.2) is 18.2 Å². The lowest BCUT2D eigenvalue weighted by atomic mass is 10.1. The normalized spacial score (nSPS) is 10.8. The second-order valence-corrected chi connectivity index (χ2v) is 6.32. The smallest absolute Gasteiger partial charge is 0.235 e.